The Bertz CT molecular complexity index is 460. The van der Waals surface area contributed by atoms with Crippen LogP contribution in [0.2, 0.25) is 0 Å². The average Bonchev–Trinajstić information content (AvgIpc) is 2.92. The first kappa shape index (κ1) is 11.3. The van der Waals surface area contributed by atoms with Gasteiger partial charge in [-0.05, 0) is 18.8 Å². The topological polar surface area (TPSA) is 34.9 Å². The first-order chi connectivity index (χ1) is 8.12. The summed E-state index contributed by atoms with van der Waals surface area (Å²) in [5.41, 5.74) is 1.98. The number of hydrogen-bond acceptors (Lipinski definition) is 3. The van der Waals surface area contributed by atoms with E-state index in [0.29, 0.717) is 12.3 Å². The van der Waals surface area contributed by atoms with E-state index in [0.717, 1.165) is 25.1 Å². The number of aryl methyl sites for hydroxylation is 1. The summed E-state index contributed by atoms with van der Waals surface area (Å²) in [5.74, 6) is 2.09. The maximum absolute atomic E-state index is 11.9. The van der Waals surface area contributed by atoms with Gasteiger partial charge in [0.1, 0.15) is 5.69 Å². The average molecular weight is 250 g/mol. The number of ketones is 1. The third-order valence-electron chi connectivity index (χ3n) is 3.73. The molecule has 2 aliphatic rings. The number of carbonyl (C=O) groups is 1. The lowest BCUT2D eigenvalue weighted by Gasteiger charge is -2.22. The van der Waals surface area contributed by atoms with Crippen molar-refractivity contribution in [2.75, 3.05) is 5.75 Å². The third kappa shape index (κ3) is 1.82. The number of rotatable bonds is 3. The van der Waals surface area contributed by atoms with E-state index in [1.54, 1.807) is 0 Å². The van der Waals surface area contributed by atoms with E-state index in [4.69, 9.17) is 0 Å². The molecule has 2 heterocycles. The smallest absolute Gasteiger partial charge is 0.183 e. The van der Waals surface area contributed by atoms with Crippen molar-refractivity contribution in [3.63, 3.8) is 0 Å². The number of nitrogens with zero attached hydrogens (tertiary/aromatic N) is 2. The molecule has 0 radical (unpaired) electrons. The first-order valence-corrected chi connectivity index (χ1v) is 7.34. The largest absolute Gasteiger partial charge is 0.333 e. The maximum Gasteiger partial charge on any atom is 0.183 e. The molecule has 1 aliphatic carbocycles. The van der Waals surface area contributed by atoms with Gasteiger partial charge in [-0.2, -0.15) is 0 Å². The fourth-order valence-electron chi connectivity index (χ4n) is 2.55. The Morgan fingerprint density at radius 2 is 2.35 bits per heavy atom. The van der Waals surface area contributed by atoms with Crippen molar-refractivity contribution in [3.8, 4) is 0 Å². The standard InChI is InChI=1S/C13H18N2OS/c1-9(2)4-6-15-8-14-11-10(16)3-5-13(7-17-13)12(11)15/h8-9H,3-7H2,1-2H3. The molecule has 4 heteroatoms. The number of carbonyl (C=O) groups excluding carboxylic acids is 1. The summed E-state index contributed by atoms with van der Waals surface area (Å²) in [6, 6.07) is 0. The van der Waals surface area contributed by atoms with Gasteiger partial charge in [0.15, 0.2) is 5.78 Å². The van der Waals surface area contributed by atoms with Crippen molar-refractivity contribution in [2.24, 2.45) is 5.92 Å². The summed E-state index contributed by atoms with van der Waals surface area (Å²) in [7, 11) is 0. The minimum Gasteiger partial charge on any atom is -0.333 e. The third-order valence-corrected chi connectivity index (χ3v) is 5.11. The molecule has 92 valence electrons. The zero-order valence-electron chi connectivity index (χ0n) is 10.4. The Labute approximate surface area is 106 Å². The molecule has 1 spiro atoms. The minimum atomic E-state index is 0.237. The number of hydrogen-bond donors (Lipinski definition) is 0. The van der Waals surface area contributed by atoms with Gasteiger partial charge in [-0.15, -0.1) is 11.8 Å². The number of fused-ring (bicyclic) bond motifs is 2. The predicted molar refractivity (Wildman–Crippen MR) is 69.4 cm³/mol. The SMILES string of the molecule is CC(C)CCn1cnc2c1C1(CCC2=O)CS1. The molecule has 0 aromatic carbocycles. The summed E-state index contributed by atoms with van der Waals surface area (Å²) >= 11 is 1.98. The van der Waals surface area contributed by atoms with E-state index in [9.17, 15) is 4.79 Å². The summed E-state index contributed by atoms with van der Waals surface area (Å²) in [6.45, 7) is 5.46. The molecule has 1 atom stereocenters. The summed E-state index contributed by atoms with van der Waals surface area (Å²) < 4.78 is 2.48. The minimum absolute atomic E-state index is 0.237. The van der Waals surface area contributed by atoms with Gasteiger partial charge in [0, 0.05) is 18.7 Å². The van der Waals surface area contributed by atoms with Gasteiger partial charge < -0.3 is 4.57 Å². The number of Topliss-reactive ketones (excluding diaryl/α,β-unsaturated/α-hetero) is 1. The molecule has 1 fully saturated rings. The van der Waals surface area contributed by atoms with Crippen molar-refractivity contribution < 1.29 is 4.79 Å². The van der Waals surface area contributed by atoms with Gasteiger partial charge >= 0.3 is 0 Å². The van der Waals surface area contributed by atoms with Crippen LogP contribution in [-0.4, -0.2) is 21.1 Å². The van der Waals surface area contributed by atoms with Crippen molar-refractivity contribution in [1.29, 1.82) is 0 Å². The highest BCUT2D eigenvalue weighted by Gasteiger charge is 2.52. The molecule has 1 aliphatic heterocycles. The Morgan fingerprint density at radius 3 is 3.00 bits per heavy atom. The van der Waals surface area contributed by atoms with Gasteiger partial charge in [-0.1, -0.05) is 13.8 Å². The molecular formula is C13H18N2OS. The molecule has 0 saturated carbocycles. The van der Waals surface area contributed by atoms with Crippen LogP contribution >= 0.6 is 11.8 Å². The van der Waals surface area contributed by atoms with Crippen LogP contribution < -0.4 is 0 Å². The molecule has 3 nitrogen and oxygen atoms in total. The zero-order valence-corrected chi connectivity index (χ0v) is 11.2. The van der Waals surface area contributed by atoms with Crippen LogP contribution in [0.1, 0.15) is 49.3 Å². The van der Waals surface area contributed by atoms with Gasteiger partial charge in [0.25, 0.3) is 0 Å². The Balaban J connectivity index is 1.94. The van der Waals surface area contributed by atoms with Crippen LogP contribution in [0.3, 0.4) is 0 Å². The van der Waals surface area contributed by atoms with Crippen LogP contribution in [0.15, 0.2) is 6.33 Å². The normalized spacial score (nSPS) is 26.6. The lowest BCUT2D eigenvalue weighted by Crippen LogP contribution is -2.24. The fraction of sp³-hybridized carbons (Fsp3) is 0.692. The number of thioether (sulfide) groups is 1. The molecular weight excluding hydrogens is 232 g/mol. The van der Waals surface area contributed by atoms with Crippen LogP contribution in [0, 0.1) is 5.92 Å². The van der Waals surface area contributed by atoms with Gasteiger partial charge in [0.05, 0.1) is 16.8 Å². The fourth-order valence-corrected chi connectivity index (χ4v) is 3.60. The summed E-state index contributed by atoms with van der Waals surface area (Å²) in [4.78, 5) is 16.2. The summed E-state index contributed by atoms with van der Waals surface area (Å²) in [5, 5.41) is 0. The second-order valence-corrected chi connectivity index (χ2v) is 6.88. The number of imidazole rings is 1. The number of aromatic nitrogens is 2. The van der Waals surface area contributed by atoms with Gasteiger partial charge in [0.2, 0.25) is 0 Å². The molecule has 0 amide bonds. The van der Waals surface area contributed by atoms with Crippen LogP contribution in [-0.2, 0) is 11.3 Å². The van der Waals surface area contributed by atoms with E-state index in [2.05, 4.69) is 23.4 Å². The van der Waals surface area contributed by atoms with Crippen molar-refractivity contribution >= 4 is 17.5 Å². The lowest BCUT2D eigenvalue weighted by atomic mass is 9.90. The van der Waals surface area contributed by atoms with E-state index in [1.165, 1.54) is 11.4 Å². The van der Waals surface area contributed by atoms with Crippen LogP contribution in [0.5, 0.6) is 0 Å². The predicted octanol–water partition coefficient (Wildman–Crippen LogP) is 2.85. The molecule has 17 heavy (non-hydrogen) atoms. The molecule has 3 rings (SSSR count). The van der Waals surface area contributed by atoms with Gasteiger partial charge in [-0.25, -0.2) is 4.98 Å². The molecule has 0 bridgehead atoms. The molecule has 1 aromatic rings. The highest BCUT2D eigenvalue weighted by Crippen LogP contribution is 2.59. The Morgan fingerprint density at radius 1 is 1.59 bits per heavy atom. The molecule has 0 N–H and O–H groups in total. The molecule has 1 unspecified atom stereocenters. The quantitative estimate of drug-likeness (QED) is 0.774. The molecule has 1 saturated heterocycles. The zero-order chi connectivity index (χ0) is 12.0. The molecule has 1 aromatic heterocycles. The second kappa shape index (κ2) is 3.87. The van der Waals surface area contributed by atoms with E-state index < -0.39 is 0 Å². The van der Waals surface area contributed by atoms with E-state index in [1.807, 2.05) is 18.1 Å². The van der Waals surface area contributed by atoms with Crippen molar-refractivity contribution in [3.05, 3.63) is 17.7 Å². The second-order valence-electron chi connectivity index (χ2n) is 5.52. The Hall–Kier alpha value is -0.770. The van der Waals surface area contributed by atoms with E-state index in [-0.39, 0.29) is 10.5 Å². The van der Waals surface area contributed by atoms with E-state index >= 15 is 0 Å². The van der Waals surface area contributed by atoms with Crippen molar-refractivity contribution in [1.82, 2.24) is 9.55 Å². The highest BCUT2D eigenvalue weighted by molar-refractivity contribution is 8.07. The summed E-state index contributed by atoms with van der Waals surface area (Å²) in [6.07, 6.45) is 4.71. The monoisotopic (exact) mass is 250 g/mol. The van der Waals surface area contributed by atoms with Gasteiger partial charge in [-0.3, -0.25) is 4.79 Å². The Kier molecular flexibility index (Phi) is 2.58. The lowest BCUT2D eigenvalue weighted by molar-refractivity contribution is 0.0962. The highest BCUT2D eigenvalue weighted by atomic mass is 32.2. The maximum atomic E-state index is 11.9. The first-order valence-electron chi connectivity index (χ1n) is 6.35. The van der Waals surface area contributed by atoms with Crippen LogP contribution in [0.25, 0.3) is 0 Å². The van der Waals surface area contributed by atoms with Crippen molar-refractivity contribution in [2.45, 2.75) is 44.4 Å². The van der Waals surface area contributed by atoms with Crippen LogP contribution in [0.4, 0.5) is 0 Å².